The van der Waals surface area contributed by atoms with E-state index in [2.05, 4.69) is 33.2 Å². The number of rotatable bonds is 9. The van der Waals surface area contributed by atoms with Gasteiger partial charge in [0.05, 0.1) is 41.0 Å². The highest BCUT2D eigenvalue weighted by molar-refractivity contribution is 9.10. The minimum Gasteiger partial charge on any atom is -0.465 e. The summed E-state index contributed by atoms with van der Waals surface area (Å²) in [4.78, 5) is 55.7. The van der Waals surface area contributed by atoms with E-state index >= 15 is 0 Å². The number of thiazole rings is 1. The van der Waals surface area contributed by atoms with Crippen LogP contribution in [0.4, 0.5) is 5.00 Å². The van der Waals surface area contributed by atoms with Gasteiger partial charge in [0.2, 0.25) is 5.91 Å². The Kier molecular flexibility index (Phi) is 10.0. The van der Waals surface area contributed by atoms with Crippen molar-refractivity contribution in [2.45, 2.75) is 39.7 Å². The van der Waals surface area contributed by atoms with Crippen molar-refractivity contribution in [2.75, 3.05) is 30.5 Å². The second-order valence-electron chi connectivity index (χ2n) is 8.98. The number of carbonyl (C=O) groups is 4. The van der Waals surface area contributed by atoms with Gasteiger partial charge in [-0.1, -0.05) is 34.2 Å². The fourth-order valence-electron chi connectivity index (χ4n) is 4.31. The fraction of sp³-hybridized carbons (Fsp3) is 0.423. The minimum absolute atomic E-state index is 0.0169. The Morgan fingerprint density at radius 1 is 1.23 bits per heavy atom. The van der Waals surface area contributed by atoms with Crippen molar-refractivity contribution < 1.29 is 28.7 Å². The number of nitrogens with zero attached hydrogens (tertiary/aromatic N) is 2. The summed E-state index contributed by atoms with van der Waals surface area (Å²) in [6.07, 6.45) is 2.64. The van der Waals surface area contributed by atoms with Gasteiger partial charge in [-0.15, -0.1) is 23.1 Å². The van der Waals surface area contributed by atoms with E-state index in [1.807, 2.05) is 18.2 Å². The molecule has 0 radical (unpaired) electrons. The summed E-state index contributed by atoms with van der Waals surface area (Å²) in [5, 5.41) is 3.34. The van der Waals surface area contributed by atoms with E-state index in [9.17, 15) is 19.2 Å². The Balaban J connectivity index is 1.43. The van der Waals surface area contributed by atoms with Crippen LogP contribution in [0.1, 0.15) is 41.1 Å². The molecule has 1 atom stereocenters. The van der Waals surface area contributed by atoms with E-state index in [0.29, 0.717) is 21.3 Å². The Labute approximate surface area is 246 Å². The maximum absolute atomic E-state index is 12.7. The van der Waals surface area contributed by atoms with Gasteiger partial charge in [0.15, 0.2) is 4.80 Å². The van der Waals surface area contributed by atoms with Crippen molar-refractivity contribution in [3.63, 3.8) is 0 Å². The van der Waals surface area contributed by atoms with Crippen molar-refractivity contribution >= 4 is 89.3 Å². The highest BCUT2D eigenvalue weighted by Gasteiger charge is 2.29. The molecule has 2 aromatic heterocycles. The van der Waals surface area contributed by atoms with E-state index in [1.54, 1.807) is 11.5 Å². The molecule has 1 aliphatic rings. The van der Waals surface area contributed by atoms with E-state index in [1.165, 1.54) is 29.8 Å². The van der Waals surface area contributed by atoms with E-state index in [4.69, 9.17) is 9.47 Å². The predicted molar refractivity (Wildman–Crippen MR) is 158 cm³/mol. The monoisotopic (exact) mass is 653 g/mol. The summed E-state index contributed by atoms with van der Waals surface area (Å²) in [6.45, 7) is 4.10. The lowest BCUT2D eigenvalue weighted by molar-refractivity contribution is -0.143. The second-order valence-corrected chi connectivity index (χ2v) is 13.0. The molecule has 1 N–H and O–H groups in total. The molecule has 3 aromatic rings. The molecule has 208 valence electrons. The smallest absolute Gasteiger partial charge is 0.341 e. The number of ether oxygens (including phenoxy) is 2. The molecule has 1 aliphatic carbocycles. The molecule has 9 nitrogen and oxygen atoms in total. The minimum atomic E-state index is -0.453. The van der Waals surface area contributed by atoms with Gasteiger partial charge < -0.3 is 19.4 Å². The summed E-state index contributed by atoms with van der Waals surface area (Å²) in [5.74, 6) is -1.09. The molecular weight excluding hydrogens is 626 g/mol. The van der Waals surface area contributed by atoms with Crippen LogP contribution < -0.4 is 10.1 Å². The molecule has 39 heavy (non-hydrogen) atoms. The molecule has 0 saturated carbocycles. The Morgan fingerprint density at radius 3 is 2.77 bits per heavy atom. The van der Waals surface area contributed by atoms with Crippen molar-refractivity contribution in [2.24, 2.45) is 10.9 Å². The first-order valence-electron chi connectivity index (χ1n) is 12.3. The van der Waals surface area contributed by atoms with Crippen LogP contribution in [0.2, 0.25) is 0 Å². The highest BCUT2D eigenvalue weighted by atomic mass is 79.9. The largest absolute Gasteiger partial charge is 0.465 e. The molecule has 2 heterocycles. The molecule has 0 saturated heterocycles. The molecule has 2 amide bonds. The SMILES string of the molecule is CCOC(=O)Cn1c(=NC(=O)CSCC(=O)Nc2sc3c(c2C(=O)OC)CCC(C)C3)sc2cc(Br)ccc21. The summed E-state index contributed by atoms with van der Waals surface area (Å²) < 4.78 is 13.5. The van der Waals surface area contributed by atoms with Gasteiger partial charge in [0, 0.05) is 9.35 Å². The van der Waals surface area contributed by atoms with Crippen molar-refractivity contribution in [3.05, 3.63) is 43.5 Å². The zero-order valence-electron chi connectivity index (χ0n) is 21.7. The molecule has 0 fully saturated rings. The predicted octanol–water partition coefficient (Wildman–Crippen LogP) is 4.80. The third kappa shape index (κ3) is 7.19. The van der Waals surface area contributed by atoms with Crippen LogP contribution in [-0.2, 0) is 43.2 Å². The number of halogens is 1. The Morgan fingerprint density at radius 2 is 2.03 bits per heavy atom. The number of anilines is 1. The lowest BCUT2D eigenvalue weighted by Gasteiger charge is -2.18. The van der Waals surface area contributed by atoms with Gasteiger partial charge in [0.25, 0.3) is 5.91 Å². The van der Waals surface area contributed by atoms with Gasteiger partial charge in [-0.3, -0.25) is 14.4 Å². The van der Waals surface area contributed by atoms with E-state index in [-0.39, 0.29) is 30.6 Å². The average Bonchev–Trinajstić information content (AvgIpc) is 3.39. The van der Waals surface area contributed by atoms with Crippen molar-refractivity contribution in [3.8, 4) is 0 Å². The summed E-state index contributed by atoms with van der Waals surface area (Å²) >= 11 is 7.29. The zero-order chi connectivity index (χ0) is 28.1. The van der Waals surface area contributed by atoms with E-state index in [0.717, 1.165) is 56.2 Å². The molecule has 0 bridgehead atoms. The first-order chi connectivity index (χ1) is 18.7. The standard InChI is InChI=1S/C26H28BrN3O6S3/c1-4-36-22(33)11-30-17-8-6-15(27)10-19(17)39-26(30)29-21(32)13-37-12-20(31)28-24-23(25(34)35-3)16-7-5-14(2)9-18(16)38-24/h6,8,10,14H,4-5,7,9,11-13H2,1-3H3,(H,28,31). The third-order valence-corrected chi connectivity index (χ3v) is 9.69. The van der Waals surface area contributed by atoms with Crippen LogP contribution in [0.25, 0.3) is 10.2 Å². The van der Waals surface area contributed by atoms with Crippen LogP contribution >= 0.6 is 50.4 Å². The first-order valence-corrected chi connectivity index (χ1v) is 15.9. The van der Waals surface area contributed by atoms with Gasteiger partial charge >= 0.3 is 11.9 Å². The number of hydrogen-bond acceptors (Lipinski definition) is 9. The van der Waals surface area contributed by atoms with Crippen LogP contribution in [0.3, 0.4) is 0 Å². The normalized spacial score (nSPS) is 15.2. The third-order valence-electron chi connectivity index (χ3n) is 6.07. The lowest BCUT2D eigenvalue weighted by Crippen LogP contribution is -2.23. The number of aromatic nitrogens is 1. The van der Waals surface area contributed by atoms with Crippen molar-refractivity contribution in [1.29, 1.82) is 0 Å². The maximum atomic E-state index is 12.7. The number of hydrogen-bond donors (Lipinski definition) is 1. The molecule has 0 spiro atoms. The fourth-order valence-corrected chi connectivity index (χ4v) is 7.92. The van der Waals surface area contributed by atoms with Crippen LogP contribution in [-0.4, -0.2) is 53.5 Å². The van der Waals surface area contributed by atoms with Crippen LogP contribution in [0, 0.1) is 5.92 Å². The van der Waals surface area contributed by atoms with Gasteiger partial charge in [-0.05, 0) is 55.9 Å². The van der Waals surface area contributed by atoms with Gasteiger partial charge in [0.1, 0.15) is 11.5 Å². The van der Waals surface area contributed by atoms with Gasteiger partial charge in [-0.25, -0.2) is 4.79 Å². The summed E-state index contributed by atoms with van der Waals surface area (Å²) in [7, 11) is 1.33. The van der Waals surface area contributed by atoms with Gasteiger partial charge in [-0.2, -0.15) is 4.99 Å². The number of fused-ring (bicyclic) bond motifs is 2. The topological polar surface area (TPSA) is 116 Å². The molecule has 13 heteroatoms. The molecule has 4 rings (SSSR count). The van der Waals surface area contributed by atoms with Crippen molar-refractivity contribution in [1.82, 2.24) is 4.57 Å². The maximum Gasteiger partial charge on any atom is 0.341 e. The quantitative estimate of drug-likeness (QED) is 0.330. The first kappa shape index (κ1) is 29.5. The molecule has 0 aliphatic heterocycles. The average molecular weight is 655 g/mol. The Hall–Kier alpha value is -2.48. The number of thioether (sulfide) groups is 1. The van der Waals surface area contributed by atoms with Crippen LogP contribution in [0.5, 0.6) is 0 Å². The summed E-state index contributed by atoms with van der Waals surface area (Å²) in [6, 6.07) is 5.60. The second kappa shape index (κ2) is 13.2. The number of amides is 2. The number of nitrogens with one attached hydrogen (secondary N) is 1. The Bertz CT molecular complexity index is 1490. The number of methoxy groups -OCH3 is 1. The molecule has 1 unspecified atom stereocenters. The number of esters is 2. The highest BCUT2D eigenvalue weighted by Crippen LogP contribution is 2.40. The lowest BCUT2D eigenvalue weighted by atomic mass is 9.88. The number of benzene rings is 1. The number of thiophene rings is 1. The molecular formula is C26H28BrN3O6S3. The van der Waals surface area contributed by atoms with Crippen LogP contribution in [0.15, 0.2) is 27.7 Å². The summed E-state index contributed by atoms with van der Waals surface area (Å²) in [5.41, 5.74) is 2.18. The zero-order valence-corrected chi connectivity index (χ0v) is 25.7. The van der Waals surface area contributed by atoms with E-state index < -0.39 is 17.8 Å². The number of carbonyl (C=O) groups excluding carboxylic acids is 4. The molecule has 1 aromatic carbocycles.